The van der Waals surface area contributed by atoms with Gasteiger partial charge in [0.1, 0.15) is 0 Å². The minimum Gasteiger partial charge on any atom is -0.398 e. The van der Waals surface area contributed by atoms with Gasteiger partial charge in [0.25, 0.3) is 0 Å². The Morgan fingerprint density at radius 1 is 1.29 bits per heavy atom. The van der Waals surface area contributed by atoms with Gasteiger partial charge in [-0.05, 0) is 72.2 Å². The van der Waals surface area contributed by atoms with E-state index in [1.807, 2.05) is 0 Å². The van der Waals surface area contributed by atoms with Crippen LogP contribution < -0.4 is 10.5 Å². The second-order valence-electron chi connectivity index (χ2n) is 5.89. The highest BCUT2D eigenvalue weighted by atomic mass is 79.9. The van der Waals surface area contributed by atoms with Gasteiger partial charge in [-0.2, -0.15) is 0 Å². The molecule has 1 aromatic rings. The molecule has 6 heteroatoms. The summed E-state index contributed by atoms with van der Waals surface area (Å²) >= 11 is 3.32. The van der Waals surface area contributed by atoms with Crippen LogP contribution in [0, 0.1) is 12.8 Å². The molecule has 0 heterocycles. The van der Waals surface area contributed by atoms with Crippen LogP contribution in [0.5, 0.6) is 0 Å². The molecular weight excluding hydrogens is 352 g/mol. The minimum absolute atomic E-state index is 0.0436. The zero-order valence-corrected chi connectivity index (χ0v) is 14.9. The van der Waals surface area contributed by atoms with Gasteiger partial charge in [-0.1, -0.05) is 13.3 Å². The highest BCUT2D eigenvalue weighted by Crippen LogP contribution is 2.29. The molecule has 21 heavy (non-hydrogen) atoms. The Labute approximate surface area is 135 Å². The normalized spacial score (nSPS) is 23.2. The molecule has 118 valence electrons. The Hall–Kier alpha value is -0.590. The molecule has 0 amide bonds. The third kappa shape index (κ3) is 3.99. The Bertz CT molecular complexity index is 608. The van der Waals surface area contributed by atoms with Crippen LogP contribution in [-0.2, 0) is 10.0 Å². The maximum absolute atomic E-state index is 12.6. The van der Waals surface area contributed by atoms with Gasteiger partial charge in [-0.15, -0.1) is 0 Å². The van der Waals surface area contributed by atoms with Crippen molar-refractivity contribution >= 4 is 31.6 Å². The van der Waals surface area contributed by atoms with E-state index in [0.717, 1.165) is 36.1 Å². The van der Waals surface area contributed by atoms with Crippen molar-refractivity contribution in [2.45, 2.75) is 56.9 Å². The number of benzene rings is 1. The van der Waals surface area contributed by atoms with Gasteiger partial charge in [0, 0.05) is 16.2 Å². The van der Waals surface area contributed by atoms with Crippen molar-refractivity contribution in [1.82, 2.24) is 4.72 Å². The standard InChI is InChI=1S/C15H23BrN2O2S/c1-3-11-4-6-12(7-5-11)18-21(19,20)15-9-14(17)13(16)8-10(15)2/h8-9,11-12,18H,3-7,17H2,1-2H3. The average Bonchev–Trinajstić information content (AvgIpc) is 2.43. The molecule has 1 saturated carbocycles. The molecule has 0 aliphatic heterocycles. The molecule has 0 saturated heterocycles. The average molecular weight is 375 g/mol. The van der Waals surface area contributed by atoms with Gasteiger partial charge in [-0.3, -0.25) is 0 Å². The second kappa shape index (κ2) is 6.67. The first-order valence-electron chi connectivity index (χ1n) is 7.41. The molecule has 3 N–H and O–H groups in total. The van der Waals surface area contributed by atoms with Crippen molar-refractivity contribution < 1.29 is 8.42 Å². The van der Waals surface area contributed by atoms with E-state index in [-0.39, 0.29) is 10.9 Å². The van der Waals surface area contributed by atoms with E-state index < -0.39 is 10.0 Å². The van der Waals surface area contributed by atoms with E-state index in [1.54, 1.807) is 13.0 Å². The van der Waals surface area contributed by atoms with Gasteiger partial charge >= 0.3 is 0 Å². The third-order valence-corrected chi connectivity index (χ3v) is 6.68. The first-order valence-corrected chi connectivity index (χ1v) is 9.69. The number of hydrogen-bond donors (Lipinski definition) is 2. The number of aryl methyl sites for hydroxylation is 1. The number of rotatable bonds is 4. The molecule has 0 atom stereocenters. The Morgan fingerprint density at radius 3 is 2.48 bits per heavy atom. The van der Waals surface area contributed by atoms with Crippen molar-refractivity contribution in [2.24, 2.45) is 5.92 Å². The third-order valence-electron chi connectivity index (χ3n) is 4.33. The van der Waals surface area contributed by atoms with Crippen LogP contribution in [0.1, 0.15) is 44.6 Å². The summed E-state index contributed by atoms with van der Waals surface area (Å²) in [6.45, 7) is 3.98. The lowest BCUT2D eigenvalue weighted by molar-refractivity contribution is 0.306. The number of halogens is 1. The van der Waals surface area contributed by atoms with Crippen molar-refractivity contribution in [3.05, 3.63) is 22.2 Å². The Balaban J connectivity index is 2.14. The van der Waals surface area contributed by atoms with Crippen molar-refractivity contribution in [1.29, 1.82) is 0 Å². The summed E-state index contributed by atoms with van der Waals surface area (Å²) in [7, 11) is -3.50. The van der Waals surface area contributed by atoms with E-state index in [2.05, 4.69) is 27.6 Å². The molecular formula is C15H23BrN2O2S. The molecule has 1 fully saturated rings. The topological polar surface area (TPSA) is 72.2 Å². The molecule has 1 aliphatic carbocycles. The van der Waals surface area contributed by atoms with Crippen LogP contribution in [0.2, 0.25) is 0 Å². The first kappa shape index (κ1) is 16.8. The SMILES string of the molecule is CCC1CCC(NS(=O)(=O)c2cc(N)c(Br)cc2C)CC1. The number of anilines is 1. The number of hydrogen-bond acceptors (Lipinski definition) is 3. The van der Waals surface area contributed by atoms with E-state index in [0.29, 0.717) is 11.3 Å². The van der Waals surface area contributed by atoms with Crippen LogP contribution in [0.15, 0.2) is 21.5 Å². The number of nitrogens with two attached hydrogens (primary N) is 1. The lowest BCUT2D eigenvalue weighted by Gasteiger charge is -2.28. The van der Waals surface area contributed by atoms with E-state index >= 15 is 0 Å². The number of sulfonamides is 1. The van der Waals surface area contributed by atoms with Crippen LogP contribution >= 0.6 is 15.9 Å². The summed E-state index contributed by atoms with van der Waals surface area (Å²) in [5.74, 6) is 0.746. The van der Waals surface area contributed by atoms with Gasteiger partial charge in [0.2, 0.25) is 10.0 Å². The van der Waals surface area contributed by atoms with E-state index in [1.165, 1.54) is 12.5 Å². The summed E-state index contributed by atoms with van der Waals surface area (Å²) in [5, 5.41) is 0. The minimum atomic E-state index is -3.50. The predicted octanol–water partition coefficient (Wildman–Crippen LogP) is 3.59. The number of nitrogen functional groups attached to an aromatic ring is 1. The maximum Gasteiger partial charge on any atom is 0.241 e. The zero-order chi connectivity index (χ0) is 15.6. The fraction of sp³-hybridized carbons (Fsp3) is 0.600. The molecule has 0 spiro atoms. The zero-order valence-electron chi connectivity index (χ0n) is 12.5. The van der Waals surface area contributed by atoms with Gasteiger partial charge in [-0.25, -0.2) is 13.1 Å². The molecule has 0 radical (unpaired) electrons. The van der Waals surface area contributed by atoms with Crippen LogP contribution in [0.4, 0.5) is 5.69 Å². The molecule has 0 bridgehead atoms. The molecule has 1 aromatic carbocycles. The van der Waals surface area contributed by atoms with Crippen LogP contribution in [0.3, 0.4) is 0 Å². The van der Waals surface area contributed by atoms with Crippen molar-refractivity contribution in [2.75, 3.05) is 5.73 Å². The summed E-state index contributed by atoms with van der Waals surface area (Å²) < 4.78 is 28.7. The highest BCUT2D eigenvalue weighted by molar-refractivity contribution is 9.10. The van der Waals surface area contributed by atoms with Crippen molar-refractivity contribution in [3.63, 3.8) is 0 Å². The Kier molecular flexibility index (Phi) is 5.33. The molecule has 2 rings (SSSR count). The van der Waals surface area contributed by atoms with Crippen molar-refractivity contribution in [3.8, 4) is 0 Å². The Morgan fingerprint density at radius 2 is 1.90 bits per heavy atom. The fourth-order valence-electron chi connectivity index (χ4n) is 2.93. The molecule has 0 unspecified atom stereocenters. The summed E-state index contributed by atoms with van der Waals surface area (Å²) in [5.41, 5.74) is 6.96. The van der Waals surface area contributed by atoms with Gasteiger partial charge in [0.05, 0.1) is 4.90 Å². The lowest BCUT2D eigenvalue weighted by Crippen LogP contribution is -2.37. The largest absolute Gasteiger partial charge is 0.398 e. The summed E-state index contributed by atoms with van der Waals surface area (Å²) in [4.78, 5) is 0.279. The molecule has 0 aromatic heterocycles. The van der Waals surface area contributed by atoms with Crippen LogP contribution in [-0.4, -0.2) is 14.5 Å². The fourth-order valence-corrected chi connectivity index (χ4v) is 4.95. The molecule has 4 nitrogen and oxygen atoms in total. The van der Waals surface area contributed by atoms with Gasteiger partial charge in [0.15, 0.2) is 0 Å². The lowest BCUT2D eigenvalue weighted by atomic mass is 9.85. The quantitative estimate of drug-likeness (QED) is 0.790. The van der Waals surface area contributed by atoms with Gasteiger partial charge < -0.3 is 5.73 Å². The first-order chi connectivity index (χ1) is 9.83. The van der Waals surface area contributed by atoms with E-state index in [4.69, 9.17) is 5.73 Å². The number of nitrogens with one attached hydrogen (secondary N) is 1. The second-order valence-corrected chi connectivity index (χ2v) is 8.42. The summed E-state index contributed by atoms with van der Waals surface area (Å²) in [6, 6.07) is 3.32. The van der Waals surface area contributed by atoms with E-state index in [9.17, 15) is 8.42 Å². The monoisotopic (exact) mass is 374 g/mol. The predicted molar refractivity (Wildman–Crippen MR) is 89.6 cm³/mol. The molecule has 1 aliphatic rings. The summed E-state index contributed by atoms with van der Waals surface area (Å²) in [6.07, 6.45) is 5.23. The maximum atomic E-state index is 12.6. The highest BCUT2D eigenvalue weighted by Gasteiger charge is 2.26. The van der Waals surface area contributed by atoms with Crippen LogP contribution in [0.25, 0.3) is 0 Å². The smallest absolute Gasteiger partial charge is 0.241 e.